The van der Waals surface area contributed by atoms with Crippen LogP contribution in [-0.4, -0.2) is 11.2 Å². The molecule has 1 aliphatic carbocycles. The second-order valence-electron chi connectivity index (χ2n) is 3.93. The van der Waals surface area contributed by atoms with Gasteiger partial charge >= 0.3 is 0 Å². The molecule has 0 fully saturated rings. The van der Waals surface area contributed by atoms with Crippen LogP contribution in [0, 0.1) is 0 Å². The predicted molar refractivity (Wildman–Crippen MR) is 64.8 cm³/mol. The van der Waals surface area contributed by atoms with Crippen molar-refractivity contribution in [3.63, 3.8) is 0 Å². The lowest BCUT2D eigenvalue weighted by Gasteiger charge is -2.20. The number of allylic oxidation sites excluding steroid dienone is 1. The molecule has 0 bridgehead atoms. The zero-order valence-corrected chi connectivity index (χ0v) is 9.78. The maximum absolute atomic E-state index is 9.22. The van der Waals surface area contributed by atoms with Gasteiger partial charge in [0.25, 0.3) is 0 Å². The number of aliphatic hydroxyl groups is 1. The Kier molecular flexibility index (Phi) is 3.86. The summed E-state index contributed by atoms with van der Waals surface area (Å²) in [6.07, 6.45) is 7.67. The van der Waals surface area contributed by atoms with Crippen LogP contribution in [0.15, 0.2) is 30.4 Å². The highest BCUT2D eigenvalue weighted by Gasteiger charge is 2.12. The zero-order chi connectivity index (χ0) is 11.4. The predicted octanol–water partition coefficient (Wildman–Crippen LogP) is 3.32. The van der Waals surface area contributed by atoms with Crippen LogP contribution >= 0.6 is 11.6 Å². The summed E-state index contributed by atoms with van der Waals surface area (Å²) < 4.78 is 5.83. The first-order chi connectivity index (χ1) is 7.79. The number of hydrogen-bond donors (Lipinski definition) is 1. The summed E-state index contributed by atoms with van der Waals surface area (Å²) in [5.41, 5.74) is 0.742. The zero-order valence-electron chi connectivity index (χ0n) is 9.03. The molecule has 0 saturated carbocycles. The fourth-order valence-corrected chi connectivity index (χ4v) is 2.02. The lowest BCUT2D eigenvalue weighted by molar-refractivity contribution is 0.216. The van der Waals surface area contributed by atoms with Crippen molar-refractivity contribution in [3.05, 3.63) is 40.9 Å². The van der Waals surface area contributed by atoms with Crippen LogP contribution in [0.25, 0.3) is 0 Å². The smallest absolute Gasteiger partial charge is 0.125 e. The topological polar surface area (TPSA) is 29.5 Å². The maximum Gasteiger partial charge on any atom is 0.125 e. The van der Waals surface area contributed by atoms with Gasteiger partial charge in [0.2, 0.25) is 0 Å². The third-order valence-corrected chi connectivity index (χ3v) is 2.92. The Morgan fingerprint density at radius 3 is 3.00 bits per heavy atom. The Balaban J connectivity index is 2.13. The van der Waals surface area contributed by atoms with Gasteiger partial charge in [-0.1, -0.05) is 17.7 Å². The SMILES string of the molecule is OCc1cc(Cl)ccc1OC1C=CCCC1. The van der Waals surface area contributed by atoms with Gasteiger partial charge in [0.1, 0.15) is 11.9 Å². The summed E-state index contributed by atoms with van der Waals surface area (Å²) in [5.74, 6) is 0.725. The average molecular weight is 239 g/mol. The van der Waals surface area contributed by atoms with Crippen molar-refractivity contribution in [1.29, 1.82) is 0 Å². The Bertz CT molecular complexity index is 388. The number of benzene rings is 1. The number of rotatable bonds is 3. The molecule has 0 aliphatic heterocycles. The Morgan fingerprint density at radius 1 is 1.44 bits per heavy atom. The molecule has 3 heteroatoms. The van der Waals surface area contributed by atoms with E-state index in [1.807, 2.05) is 6.07 Å². The summed E-state index contributed by atoms with van der Waals surface area (Å²) >= 11 is 5.86. The quantitative estimate of drug-likeness (QED) is 0.819. The lowest BCUT2D eigenvalue weighted by Crippen LogP contribution is -2.16. The molecule has 1 aliphatic rings. The number of ether oxygens (including phenoxy) is 1. The molecule has 1 unspecified atom stereocenters. The van der Waals surface area contributed by atoms with E-state index in [0.717, 1.165) is 30.6 Å². The third kappa shape index (κ3) is 2.77. The van der Waals surface area contributed by atoms with E-state index in [4.69, 9.17) is 16.3 Å². The minimum absolute atomic E-state index is 0.0493. The first-order valence-electron chi connectivity index (χ1n) is 5.52. The molecule has 0 radical (unpaired) electrons. The number of aliphatic hydroxyl groups excluding tert-OH is 1. The molecule has 86 valence electrons. The van der Waals surface area contributed by atoms with E-state index < -0.39 is 0 Å². The second kappa shape index (κ2) is 5.37. The van der Waals surface area contributed by atoms with Gasteiger partial charge in [-0.3, -0.25) is 0 Å². The van der Waals surface area contributed by atoms with Gasteiger partial charge in [0, 0.05) is 10.6 Å². The fraction of sp³-hybridized carbons (Fsp3) is 0.385. The third-order valence-electron chi connectivity index (χ3n) is 2.68. The molecule has 0 saturated heterocycles. The highest BCUT2D eigenvalue weighted by molar-refractivity contribution is 6.30. The van der Waals surface area contributed by atoms with Gasteiger partial charge in [-0.25, -0.2) is 0 Å². The maximum atomic E-state index is 9.22. The van der Waals surface area contributed by atoms with Gasteiger partial charge in [0.15, 0.2) is 0 Å². The Labute approximate surface area is 101 Å². The van der Waals surface area contributed by atoms with Crippen LogP contribution in [0.5, 0.6) is 5.75 Å². The summed E-state index contributed by atoms with van der Waals surface area (Å²) in [5, 5.41) is 9.84. The second-order valence-corrected chi connectivity index (χ2v) is 4.36. The van der Waals surface area contributed by atoms with Gasteiger partial charge in [0.05, 0.1) is 6.61 Å². The molecule has 0 spiro atoms. The minimum atomic E-state index is -0.0493. The Hall–Kier alpha value is -0.990. The van der Waals surface area contributed by atoms with E-state index in [1.165, 1.54) is 0 Å². The van der Waals surface area contributed by atoms with Gasteiger partial charge in [-0.15, -0.1) is 0 Å². The van der Waals surface area contributed by atoms with E-state index in [-0.39, 0.29) is 12.7 Å². The van der Waals surface area contributed by atoms with E-state index >= 15 is 0 Å². The molecule has 1 N–H and O–H groups in total. The molecule has 1 aromatic carbocycles. The van der Waals surface area contributed by atoms with Crippen molar-refractivity contribution in [2.24, 2.45) is 0 Å². The summed E-state index contributed by atoms with van der Waals surface area (Å²) in [6.45, 7) is -0.0493. The first kappa shape index (κ1) is 11.5. The molecule has 16 heavy (non-hydrogen) atoms. The molecule has 2 rings (SSSR count). The van der Waals surface area contributed by atoms with Crippen LogP contribution in [0.1, 0.15) is 24.8 Å². The fourth-order valence-electron chi connectivity index (χ4n) is 1.83. The standard InChI is InChI=1S/C13H15ClO2/c14-11-6-7-13(10(8-11)9-15)16-12-4-2-1-3-5-12/h2,4,6-8,12,15H,1,3,5,9H2. The van der Waals surface area contributed by atoms with Crippen molar-refractivity contribution in [3.8, 4) is 5.75 Å². The van der Waals surface area contributed by atoms with Crippen LogP contribution in [0.3, 0.4) is 0 Å². The molecule has 0 heterocycles. The summed E-state index contributed by atoms with van der Waals surface area (Å²) in [6, 6.07) is 5.34. The van der Waals surface area contributed by atoms with Crippen molar-refractivity contribution in [2.75, 3.05) is 0 Å². The molecule has 0 amide bonds. The minimum Gasteiger partial charge on any atom is -0.486 e. The monoisotopic (exact) mass is 238 g/mol. The molecule has 1 atom stereocenters. The van der Waals surface area contributed by atoms with E-state index in [1.54, 1.807) is 12.1 Å². The van der Waals surface area contributed by atoms with Crippen LogP contribution in [-0.2, 0) is 6.61 Å². The van der Waals surface area contributed by atoms with Gasteiger partial charge in [-0.2, -0.15) is 0 Å². The van der Waals surface area contributed by atoms with Crippen LogP contribution in [0.4, 0.5) is 0 Å². The summed E-state index contributed by atoms with van der Waals surface area (Å²) in [4.78, 5) is 0. The largest absolute Gasteiger partial charge is 0.486 e. The number of hydrogen-bond acceptors (Lipinski definition) is 2. The van der Waals surface area contributed by atoms with E-state index in [9.17, 15) is 5.11 Å². The molecule has 1 aromatic rings. The molecule has 0 aromatic heterocycles. The van der Waals surface area contributed by atoms with Gasteiger partial charge < -0.3 is 9.84 Å². The Morgan fingerprint density at radius 2 is 2.31 bits per heavy atom. The van der Waals surface area contributed by atoms with E-state index in [0.29, 0.717) is 5.02 Å². The first-order valence-corrected chi connectivity index (χ1v) is 5.90. The highest BCUT2D eigenvalue weighted by atomic mass is 35.5. The normalized spacial score (nSPS) is 19.8. The van der Waals surface area contributed by atoms with Crippen LogP contribution in [0.2, 0.25) is 5.02 Å². The summed E-state index contributed by atoms with van der Waals surface area (Å²) in [7, 11) is 0. The average Bonchev–Trinajstić information content (AvgIpc) is 2.33. The van der Waals surface area contributed by atoms with Crippen molar-refractivity contribution in [1.82, 2.24) is 0 Å². The molecular formula is C13H15ClO2. The molecular weight excluding hydrogens is 224 g/mol. The highest BCUT2D eigenvalue weighted by Crippen LogP contribution is 2.26. The van der Waals surface area contributed by atoms with Crippen molar-refractivity contribution >= 4 is 11.6 Å². The molecule has 2 nitrogen and oxygen atoms in total. The number of halogens is 1. The lowest BCUT2D eigenvalue weighted by atomic mass is 10.1. The van der Waals surface area contributed by atoms with Crippen molar-refractivity contribution < 1.29 is 9.84 Å². The van der Waals surface area contributed by atoms with Crippen molar-refractivity contribution in [2.45, 2.75) is 32.0 Å². The van der Waals surface area contributed by atoms with Crippen LogP contribution < -0.4 is 4.74 Å². The van der Waals surface area contributed by atoms with E-state index in [2.05, 4.69) is 12.2 Å². The van der Waals surface area contributed by atoms with Gasteiger partial charge in [-0.05, 0) is 43.5 Å².